The molecule has 4 heteroatoms. The molecular formula is C3H4O4. The van der Waals surface area contributed by atoms with Crippen LogP contribution in [0.5, 0.6) is 0 Å². The molecule has 0 aliphatic carbocycles. The lowest BCUT2D eigenvalue weighted by Gasteiger charge is -1.79. The Bertz CT molecular complexity index is 78.9. The highest BCUT2D eigenvalue weighted by Crippen LogP contribution is 1.94. The SMILES string of the molecule is [O-][O+]=C1OCCO1. The molecule has 0 bridgehead atoms. The van der Waals surface area contributed by atoms with Gasteiger partial charge < -0.3 is 14.7 Å². The zero-order valence-corrected chi connectivity index (χ0v) is 3.55. The highest BCUT2D eigenvalue weighted by Gasteiger charge is 2.23. The van der Waals surface area contributed by atoms with Crippen LogP contribution in [0.25, 0.3) is 0 Å². The molecule has 1 fully saturated rings. The van der Waals surface area contributed by atoms with Gasteiger partial charge in [0.1, 0.15) is 0 Å². The molecule has 0 unspecified atom stereocenters. The van der Waals surface area contributed by atoms with Crippen LogP contribution in [-0.4, -0.2) is 19.4 Å². The van der Waals surface area contributed by atoms with Crippen molar-refractivity contribution in [2.45, 2.75) is 0 Å². The van der Waals surface area contributed by atoms with Crippen molar-refractivity contribution in [2.24, 2.45) is 0 Å². The topological polar surface area (TPSA) is 52.8 Å². The van der Waals surface area contributed by atoms with Crippen LogP contribution in [-0.2, 0) is 9.47 Å². The fourth-order valence-corrected chi connectivity index (χ4v) is 0.340. The van der Waals surface area contributed by atoms with Crippen molar-refractivity contribution in [2.75, 3.05) is 13.2 Å². The lowest BCUT2D eigenvalue weighted by atomic mass is 10.8. The largest absolute Gasteiger partial charge is 0.724 e. The minimum Gasteiger partial charge on any atom is -0.628 e. The smallest absolute Gasteiger partial charge is 0.628 e. The molecule has 4 nitrogen and oxygen atoms in total. The van der Waals surface area contributed by atoms with E-state index in [2.05, 4.69) is 14.0 Å². The van der Waals surface area contributed by atoms with Crippen LogP contribution in [0.1, 0.15) is 0 Å². The lowest BCUT2D eigenvalue weighted by molar-refractivity contribution is -0.868. The maximum Gasteiger partial charge on any atom is 0.724 e. The molecule has 40 valence electrons. The van der Waals surface area contributed by atoms with E-state index in [-0.39, 0.29) is 6.16 Å². The summed E-state index contributed by atoms with van der Waals surface area (Å²) < 4.78 is 12.3. The van der Waals surface area contributed by atoms with Gasteiger partial charge in [0.05, 0.1) is 0 Å². The van der Waals surface area contributed by atoms with Crippen molar-refractivity contribution in [3.8, 4) is 0 Å². The summed E-state index contributed by atoms with van der Waals surface area (Å²) in [5.74, 6) is 0. The molecule has 1 aliphatic heterocycles. The summed E-state index contributed by atoms with van der Waals surface area (Å²) in [4.78, 5) is 0. The molecule has 0 atom stereocenters. The summed E-state index contributed by atoms with van der Waals surface area (Å²) in [6.07, 6.45) is -0.264. The van der Waals surface area contributed by atoms with E-state index in [0.29, 0.717) is 13.2 Å². The lowest BCUT2D eigenvalue weighted by Crippen LogP contribution is -1.98. The molecule has 0 spiro atoms. The Hall–Kier alpha value is -0.930. The second-order valence-electron chi connectivity index (χ2n) is 1.03. The Balaban J connectivity index is 2.41. The van der Waals surface area contributed by atoms with Crippen molar-refractivity contribution in [1.82, 2.24) is 0 Å². The molecule has 7 heavy (non-hydrogen) atoms. The van der Waals surface area contributed by atoms with Crippen molar-refractivity contribution in [3.05, 3.63) is 0 Å². The Morgan fingerprint density at radius 2 is 2.00 bits per heavy atom. The molecule has 1 rings (SSSR count). The molecule has 0 N–H and O–H groups in total. The summed E-state index contributed by atoms with van der Waals surface area (Å²) in [6.45, 7) is 0.829. The molecular weight excluding hydrogens is 100 g/mol. The van der Waals surface area contributed by atoms with E-state index in [4.69, 9.17) is 0 Å². The summed E-state index contributed by atoms with van der Waals surface area (Å²) in [6, 6.07) is 0. The van der Waals surface area contributed by atoms with E-state index in [1.54, 1.807) is 0 Å². The van der Waals surface area contributed by atoms with Crippen molar-refractivity contribution in [3.63, 3.8) is 0 Å². The van der Waals surface area contributed by atoms with E-state index in [0.717, 1.165) is 0 Å². The summed E-state index contributed by atoms with van der Waals surface area (Å²) >= 11 is 0. The van der Waals surface area contributed by atoms with Gasteiger partial charge in [-0.25, -0.2) is 0 Å². The van der Waals surface area contributed by atoms with Crippen LogP contribution < -0.4 is 5.26 Å². The van der Waals surface area contributed by atoms with E-state index >= 15 is 0 Å². The molecule has 0 aromatic carbocycles. The van der Waals surface area contributed by atoms with Gasteiger partial charge in [-0.1, -0.05) is 0 Å². The van der Waals surface area contributed by atoms with E-state index in [9.17, 15) is 5.26 Å². The van der Waals surface area contributed by atoms with Gasteiger partial charge in [0.25, 0.3) is 0 Å². The number of hydrogen-bond donors (Lipinski definition) is 0. The van der Waals surface area contributed by atoms with Gasteiger partial charge in [0.2, 0.25) is 13.2 Å². The molecule has 0 radical (unpaired) electrons. The van der Waals surface area contributed by atoms with Gasteiger partial charge in [-0.2, -0.15) is 0 Å². The minimum absolute atomic E-state index is 0.264. The fraction of sp³-hybridized carbons (Fsp3) is 0.667. The predicted molar refractivity (Wildman–Crippen MR) is 17.3 cm³/mol. The molecule has 0 amide bonds. The number of hydrogen-bond acceptors (Lipinski definition) is 3. The molecule has 1 saturated heterocycles. The zero-order chi connectivity index (χ0) is 5.11. The molecule has 1 heterocycles. The highest BCUT2D eigenvalue weighted by molar-refractivity contribution is 5.61. The Kier molecular flexibility index (Phi) is 1.02. The highest BCUT2D eigenvalue weighted by atomic mass is 17.1. The Morgan fingerprint density at radius 1 is 1.43 bits per heavy atom. The minimum atomic E-state index is -0.264. The normalized spacial score (nSPS) is 18.0. The average molecular weight is 104 g/mol. The van der Waals surface area contributed by atoms with Gasteiger partial charge in [-0.3, -0.25) is 4.58 Å². The standard InChI is InChI=1S/C3H4O4/c4-7-3-5-1-2-6-3/h1-2H2. The van der Waals surface area contributed by atoms with Crippen LogP contribution in [0, 0.1) is 0 Å². The third-order valence-corrected chi connectivity index (χ3v) is 0.591. The first-order chi connectivity index (χ1) is 3.43. The van der Waals surface area contributed by atoms with Gasteiger partial charge in [0, 0.05) is 0 Å². The Labute approximate surface area is 39.9 Å². The van der Waals surface area contributed by atoms with Gasteiger partial charge in [-0.05, 0) is 0 Å². The van der Waals surface area contributed by atoms with Gasteiger partial charge in [-0.15, -0.1) is 0 Å². The van der Waals surface area contributed by atoms with Crippen molar-refractivity contribution < 1.29 is 19.3 Å². The van der Waals surface area contributed by atoms with Crippen LogP contribution in [0.2, 0.25) is 0 Å². The van der Waals surface area contributed by atoms with E-state index in [1.165, 1.54) is 0 Å². The third-order valence-electron chi connectivity index (χ3n) is 0.591. The summed E-state index contributed by atoms with van der Waals surface area (Å²) in [7, 11) is 0. The van der Waals surface area contributed by atoms with Crippen LogP contribution in [0.4, 0.5) is 4.58 Å². The molecule has 0 saturated carbocycles. The summed E-state index contributed by atoms with van der Waals surface area (Å²) in [5, 5.41) is 9.35. The molecule has 0 aromatic heterocycles. The second-order valence-corrected chi connectivity index (χ2v) is 1.03. The third kappa shape index (κ3) is 0.734. The van der Waals surface area contributed by atoms with E-state index in [1.807, 2.05) is 0 Å². The van der Waals surface area contributed by atoms with Crippen LogP contribution >= 0.6 is 0 Å². The number of rotatable bonds is 0. The maximum atomic E-state index is 9.35. The fourth-order valence-electron chi connectivity index (χ4n) is 0.340. The van der Waals surface area contributed by atoms with Gasteiger partial charge >= 0.3 is 6.16 Å². The molecule has 0 aromatic rings. The first kappa shape index (κ1) is 4.23. The van der Waals surface area contributed by atoms with Gasteiger partial charge in [0.15, 0.2) is 0 Å². The molecule has 1 aliphatic rings. The quantitative estimate of drug-likeness (QED) is 0.171. The van der Waals surface area contributed by atoms with Crippen LogP contribution in [0.15, 0.2) is 0 Å². The second kappa shape index (κ2) is 1.68. The monoisotopic (exact) mass is 104 g/mol. The average Bonchev–Trinajstić information content (AvgIpc) is 2.14. The van der Waals surface area contributed by atoms with Crippen molar-refractivity contribution in [1.29, 1.82) is 0 Å². The zero-order valence-electron chi connectivity index (χ0n) is 3.55. The maximum absolute atomic E-state index is 9.35. The van der Waals surface area contributed by atoms with E-state index < -0.39 is 0 Å². The van der Waals surface area contributed by atoms with Crippen LogP contribution in [0.3, 0.4) is 0 Å². The first-order valence-electron chi connectivity index (χ1n) is 1.86. The summed E-state index contributed by atoms with van der Waals surface area (Å²) in [5.41, 5.74) is 0. The predicted octanol–water partition coefficient (Wildman–Crippen LogP) is -1.04. The first-order valence-corrected chi connectivity index (χ1v) is 1.86. The number of cyclic esters (lactones) is 2. The van der Waals surface area contributed by atoms with Crippen molar-refractivity contribution >= 4 is 6.16 Å². The number of carbonyl (C=O) groups excluding carboxylic acids is 1. The Morgan fingerprint density at radius 3 is 2.29 bits per heavy atom. The number of ether oxygens (including phenoxy) is 2.